The van der Waals surface area contributed by atoms with Crippen LogP contribution in [0, 0.1) is 11.3 Å². The van der Waals surface area contributed by atoms with E-state index in [0.29, 0.717) is 6.42 Å². The van der Waals surface area contributed by atoms with Gasteiger partial charge in [-0.25, -0.2) is 29.1 Å². The van der Waals surface area contributed by atoms with Gasteiger partial charge in [0.15, 0.2) is 28.9 Å². The summed E-state index contributed by atoms with van der Waals surface area (Å²) in [5.41, 5.74) is 9.98. The summed E-state index contributed by atoms with van der Waals surface area (Å²) in [6, 6.07) is -0.841. The van der Waals surface area contributed by atoms with Crippen molar-refractivity contribution in [2.75, 3.05) is 24.7 Å². The number of hydrogen-bond acceptors (Lipinski definition) is 17. The van der Waals surface area contributed by atoms with Crippen molar-refractivity contribution in [1.82, 2.24) is 39.0 Å². The number of aliphatic hydroxyl groups is 2. The van der Waals surface area contributed by atoms with Gasteiger partial charge in [0, 0.05) is 5.41 Å². The lowest BCUT2D eigenvalue weighted by molar-refractivity contribution is -0.105. The van der Waals surface area contributed by atoms with E-state index in [1.807, 2.05) is 0 Å². The molecule has 2 aliphatic carbocycles. The molecule has 24 heteroatoms. The van der Waals surface area contributed by atoms with Crippen molar-refractivity contribution in [3.8, 4) is 0 Å². The number of aromatic amines is 1. The average Bonchev–Trinajstić information content (AvgIpc) is 3.72. The highest BCUT2D eigenvalue weighted by Gasteiger charge is 2.68. The highest BCUT2D eigenvalue weighted by Crippen LogP contribution is 2.67. The van der Waals surface area contributed by atoms with Gasteiger partial charge in [-0.1, -0.05) is 0 Å². The van der Waals surface area contributed by atoms with Crippen molar-refractivity contribution in [2.45, 2.75) is 55.6 Å². The minimum Gasteiger partial charge on any atom is -0.388 e. The van der Waals surface area contributed by atoms with Crippen LogP contribution in [0.4, 0.5) is 11.8 Å². The number of fused-ring (bicyclic) bond motifs is 4. The molecule has 2 saturated heterocycles. The first-order valence-electron chi connectivity index (χ1n) is 14.3. The second-order valence-corrected chi connectivity index (χ2v) is 14.7. The van der Waals surface area contributed by atoms with Gasteiger partial charge in [-0.3, -0.25) is 32.4 Å². The van der Waals surface area contributed by atoms with Gasteiger partial charge in [-0.05, 0) is 18.8 Å². The smallest absolute Gasteiger partial charge is 0.388 e. The fourth-order valence-corrected chi connectivity index (χ4v) is 9.25. The van der Waals surface area contributed by atoms with Gasteiger partial charge in [0.2, 0.25) is 5.95 Å². The summed E-state index contributed by atoms with van der Waals surface area (Å²) in [6.45, 7) is -1.34. The zero-order valence-corrected chi connectivity index (χ0v) is 25.7. The maximum absolute atomic E-state index is 13.5. The molecule has 22 nitrogen and oxygen atoms in total. The summed E-state index contributed by atoms with van der Waals surface area (Å²) in [4.78, 5) is 56.9. The monoisotopic (exact) mass is 698 g/mol. The summed E-state index contributed by atoms with van der Waals surface area (Å²) >= 11 is 0. The number of H-pyrrole nitrogens is 1. The number of aromatic nitrogens is 8. The van der Waals surface area contributed by atoms with Crippen molar-refractivity contribution in [1.29, 1.82) is 0 Å². The predicted octanol–water partition coefficient (Wildman–Crippen LogP) is -1.29. The molecule has 2 saturated carbocycles. The molecule has 4 aliphatic rings. The van der Waals surface area contributed by atoms with Gasteiger partial charge >= 0.3 is 15.6 Å². The van der Waals surface area contributed by atoms with Crippen LogP contribution >= 0.6 is 15.6 Å². The molecule has 1 spiro atoms. The van der Waals surface area contributed by atoms with Gasteiger partial charge < -0.3 is 40.8 Å². The fraction of sp³-hybridized carbons (Fsp3) is 0.565. The lowest BCUT2D eigenvalue weighted by Crippen LogP contribution is -2.50. The van der Waals surface area contributed by atoms with E-state index in [1.165, 1.54) is 12.7 Å². The number of nitrogens with one attached hydrogen (secondary N) is 1. The Morgan fingerprint density at radius 2 is 1.70 bits per heavy atom. The summed E-state index contributed by atoms with van der Waals surface area (Å²) in [6.07, 6.45) is -4.79. The molecule has 4 aromatic rings. The van der Waals surface area contributed by atoms with Crippen LogP contribution in [-0.2, 0) is 32.0 Å². The molecule has 3 unspecified atom stereocenters. The van der Waals surface area contributed by atoms with E-state index >= 15 is 0 Å². The first-order valence-corrected chi connectivity index (χ1v) is 17.3. The Balaban J connectivity index is 1.16. The summed E-state index contributed by atoms with van der Waals surface area (Å²) in [5.74, 6) is -0.700. The largest absolute Gasteiger partial charge is 0.472 e. The number of imidazole rings is 2. The SMILES string of the molecule is Nc1nc2c(ncn2[C@@H]2O[C@@H]3COP(=O)(O)O[C@H]4[C@@H](O)[C@H](n5cnc6c(N)ncnc65)[C@H]5CCC54COP(=O)(O)O[C@@H]2[C@@H]3O)c(=O)[nH]1. The second-order valence-electron chi connectivity index (χ2n) is 11.9. The number of nitrogens with zero attached hydrogens (tertiary/aromatic N) is 7. The van der Waals surface area contributed by atoms with E-state index in [0.717, 1.165) is 10.9 Å². The van der Waals surface area contributed by atoms with E-state index in [-0.39, 0.29) is 40.5 Å². The minimum atomic E-state index is -5.07. The number of hydrogen-bond donors (Lipinski definition) is 7. The van der Waals surface area contributed by atoms with Gasteiger partial charge in [-0.2, -0.15) is 4.98 Å². The van der Waals surface area contributed by atoms with Crippen molar-refractivity contribution in [3.63, 3.8) is 0 Å². The standard InChI is InChI=1S/C23H28N10O12P2/c24-17-10-18(27-5-26-17)32(6-28-10)12-8-1-2-23(8)4-42-47(39,40)44-15-13(34)9(3-41-46(37,38)45-16(23)14(12)35)43-21(15)33-7-29-11-19(33)30-22(25)31-20(11)36/h5-9,12-16,21,34-35H,1-4H2,(H,37,38)(H,39,40)(H2,24,26,27)(H3,25,30,31,36)/t8-,9-,12-,13-,14+,15-,16+,21-,23?/m1/s1. The van der Waals surface area contributed by atoms with Crippen molar-refractivity contribution in [3.05, 3.63) is 29.3 Å². The molecule has 252 valence electrons. The van der Waals surface area contributed by atoms with Gasteiger partial charge in [0.1, 0.15) is 42.4 Å². The molecule has 8 rings (SSSR count). The number of nitrogens with two attached hydrogens (primary N) is 2. The number of phosphoric ester groups is 2. The average molecular weight is 698 g/mol. The van der Waals surface area contributed by atoms with Gasteiger partial charge in [0.25, 0.3) is 5.56 Å². The Morgan fingerprint density at radius 3 is 2.47 bits per heavy atom. The quantitative estimate of drug-likeness (QED) is 0.120. The molecule has 47 heavy (non-hydrogen) atoms. The van der Waals surface area contributed by atoms with E-state index in [2.05, 4.69) is 29.9 Å². The Kier molecular flexibility index (Phi) is 6.94. The lowest BCUT2D eigenvalue weighted by Gasteiger charge is -2.48. The zero-order chi connectivity index (χ0) is 33.0. The van der Waals surface area contributed by atoms with Crippen molar-refractivity contribution in [2.24, 2.45) is 11.3 Å². The number of phosphoric acid groups is 2. The minimum absolute atomic E-state index is 0.102. The number of nitrogen functional groups attached to an aromatic ring is 2. The molecule has 4 aromatic heterocycles. The number of rotatable bonds is 2. The maximum atomic E-state index is 13.5. The van der Waals surface area contributed by atoms with E-state index in [1.54, 1.807) is 4.57 Å². The fourth-order valence-electron chi connectivity index (χ4n) is 7.23. The highest BCUT2D eigenvalue weighted by molar-refractivity contribution is 7.47. The van der Waals surface area contributed by atoms with E-state index < -0.39 is 88.5 Å². The molecule has 4 fully saturated rings. The topological polar surface area (TPSA) is 320 Å². The zero-order valence-electron chi connectivity index (χ0n) is 23.9. The molecule has 0 radical (unpaired) electrons. The van der Waals surface area contributed by atoms with E-state index in [9.17, 15) is 33.9 Å². The molecule has 9 N–H and O–H groups in total. The van der Waals surface area contributed by atoms with Crippen LogP contribution < -0.4 is 17.0 Å². The summed E-state index contributed by atoms with van der Waals surface area (Å²) in [5, 5.41) is 22.8. The highest BCUT2D eigenvalue weighted by atomic mass is 31.2. The molecule has 0 aromatic carbocycles. The molecule has 2 aliphatic heterocycles. The summed E-state index contributed by atoms with van der Waals surface area (Å²) in [7, 11) is -10.1. The van der Waals surface area contributed by atoms with Crippen LogP contribution in [-0.4, -0.2) is 103 Å². The summed E-state index contributed by atoms with van der Waals surface area (Å²) < 4.78 is 57.3. The molecular formula is C23H28N10O12P2. The molecule has 11 atom stereocenters. The third-order valence-electron chi connectivity index (χ3n) is 9.44. The molecule has 2 bridgehead atoms. The van der Waals surface area contributed by atoms with Crippen LogP contribution in [0.2, 0.25) is 0 Å². The number of aliphatic hydroxyl groups excluding tert-OH is 2. The third kappa shape index (κ3) is 4.75. The first kappa shape index (κ1) is 30.9. The van der Waals surface area contributed by atoms with Crippen LogP contribution in [0.3, 0.4) is 0 Å². The number of anilines is 2. The van der Waals surface area contributed by atoms with Crippen molar-refractivity contribution >= 4 is 49.7 Å². The molecular weight excluding hydrogens is 670 g/mol. The Labute approximate surface area is 261 Å². The Bertz CT molecular complexity index is 2060. The molecule has 6 heterocycles. The predicted molar refractivity (Wildman–Crippen MR) is 154 cm³/mol. The second kappa shape index (κ2) is 10.5. The first-order chi connectivity index (χ1) is 22.3. The Morgan fingerprint density at radius 1 is 0.957 bits per heavy atom. The van der Waals surface area contributed by atoms with Crippen LogP contribution in [0.5, 0.6) is 0 Å². The maximum Gasteiger partial charge on any atom is 0.472 e. The third-order valence-corrected chi connectivity index (χ3v) is 11.4. The van der Waals surface area contributed by atoms with Gasteiger partial charge in [0.05, 0.1) is 31.9 Å². The van der Waals surface area contributed by atoms with Crippen LogP contribution in [0.1, 0.15) is 25.1 Å². The normalized spacial score (nSPS) is 40.7. The lowest BCUT2D eigenvalue weighted by atomic mass is 9.60. The van der Waals surface area contributed by atoms with Crippen molar-refractivity contribution < 1.29 is 52.0 Å². The molecule has 0 amide bonds. The van der Waals surface area contributed by atoms with E-state index in [4.69, 9.17) is 34.3 Å². The Hall–Kier alpha value is -3.40. The number of ether oxygens (including phenoxy) is 1. The van der Waals surface area contributed by atoms with Gasteiger partial charge in [-0.15, -0.1) is 0 Å². The van der Waals surface area contributed by atoms with Crippen LogP contribution in [0.15, 0.2) is 23.8 Å². The van der Waals surface area contributed by atoms with Crippen LogP contribution in [0.25, 0.3) is 22.3 Å².